The Morgan fingerprint density at radius 3 is 2.67 bits per heavy atom. The summed E-state index contributed by atoms with van der Waals surface area (Å²) in [5.41, 5.74) is 0.513. The molecule has 1 amide bonds. The molecule has 1 saturated heterocycles. The number of amides is 1. The third-order valence-electron chi connectivity index (χ3n) is 3.93. The number of likely N-dealkylation sites (tertiary alicyclic amines) is 1. The van der Waals surface area contributed by atoms with Gasteiger partial charge in [0, 0.05) is 13.1 Å². The van der Waals surface area contributed by atoms with Gasteiger partial charge in [-0.05, 0) is 33.1 Å². The van der Waals surface area contributed by atoms with Gasteiger partial charge in [-0.3, -0.25) is 9.59 Å². The molecule has 3 rings (SSSR count). The minimum Gasteiger partial charge on any atom is -0.360 e. The lowest BCUT2D eigenvalue weighted by Crippen LogP contribution is -2.40. The van der Waals surface area contributed by atoms with Crippen LogP contribution in [0, 0.1) is 13.8 Å². The minimum absolute atomic E-state index is 0.0402. The van der Waals surface area contributed by atoms with Crippen molar-refractivity contribution in [3.8, 4) is 0 Å². The Labute approximate surface area is 121 Å². The highest BCUT2D eigenvalue weighted by molar-refractivity contribution is 5.82. The number of fused-ring (bicyclic) bond motifs is 1. The molecule has 0 N–H and O–H groups in total. The molecular weight excluding hydrogens is 272 g/mol. The van der Waals surface area contributed by atoms with Gasteiger partial charge in [-0.25, -0.2) is 4.68 Å². The molecule has 1 fully saturated rings. The zero-order valence-electron chi connectivity index (χ0n) is 12.3. The predicted molar refractivity (Wildman–Crippen MR) is 76.0 cm³/mol. The fourth-order valence-electron chi connectivity index (χ4n) is 2.82. The summed E-state index contributed by atoms with van der Waals surface area (Å²) < 4.78 is 6.25. The molecule has 0 spiro atoms. The molecule has 0 saturated carbocycles. The van der Waals surface area contributed by atoms with Crippen LogP contribution in [-0.2, 0) is 11.3 Å². The second-order valence-corrected chi connectivity index (χ2v) is 5.45. The monoisotopic (exact) mass is 290 g/mol. The third kappa shape index (κ3) is 2.43. The quantitative estimate of drug-likeness (QED) is 0.824. The van der Waals surface area contributed by atoms with Crippen LogP contribution in [0.15, 0.2) is 9.32 Å². The molecule has 7 nitrogen and oxygen atoms in total. The summed E-state index contributed by atoms with van der Waals surface area (Å²) >= 11 is 0. The van der Waals surface area contributed by atoms with E-state index in [0.717, 1.165) is 32.4 Å². The maximum atomic E-state index is 12.3. The van der Waals surface area contributed by atoms with E-state index < -0.39 is 0 Å². The highest BCUT2D eigenvalue weighted by Gasteiger charge is 2.20. The van der Waals surface area contributed by atoms with Crippen LogP contribution < -0.4 is 5.56 Å². The fraction of sp³-hybridized carbons (Fsp3) is 0.571. The number of aromatic nitrogens is 3. The first-order valence-electron chi connectivity index (χ1n) is 7.19. The van der Waals surface area contributed by atoms with Crippen LogP contribution in [-0.4, -0.2) is 38.8 Å². The number of piperidine rings is 1. The van der Waals surface area contributed by atoms with Gasteiger partial charge < -0.3 is 9.42 Å². The lowest BCUT2D eigenvalue weighted by atomic mass is 10.1. The number of rotatable bonds is 2. The Morgan fingerprint density at radius 2 is 1.95 bits per heavy atom. The van der Waals surface area contributed by atoms with E-state index in [9.17, 15) is 9.59 Å². The zero-order chi connectivity index (χ0) is 15.0. The van der Waals surface area contributed by atoms with Gasteiger partial charge in [0.1, 0.15) is 12.3 Å². The Kier molecular flexibility index (Phi) is 3.48. The van der Waals surface area contributed by atoms with Crippen molar-refractivity contribution >= 4 is 16.8 Å². The number of carbonyl (C=O) groups is 1. The van der Waals surface area contributed by atoms with E-state index in [1.54, 1.807) is 18.7 Å². The maximum absolute atomic E-state index is 12.3. The summed E-state index contributed by atoms with van der Waals surface area (Å²) in [6, 6.07) is 0. The molecule has 112 valence electrons. The van der Waals surface area contributed by atoms with Gasteiger partial charge in [0.25, 0.3) is 5.56 Å². The number of aryl methyl sites for hydroxylation is 2. The second-order valence-electron chi connectivity index (χ2n) is 5.45. The molecule has 7 heteroatoms. The van der Waals surface area contributed by atoms with Gasteiger partial charge >= 0.3 is 0 Å². The van der Waals surface area contributed by atoms with Crippen LogP contribution in [0.1, 0.15) is 30.7 Å². The van der Waals surface area contributed by atoms with E-state index in [-0.39, 0.29) is 23.5 Å². The summed E-state index contributed by atoms with van der Waals surface area (Å²) in [6.07, 6.45) is 3.20. The predicted octanol–water partition coefficient (Wildman–Crippen LogP) is 1.01. The van der Waals surface area contributed by atoms with Crippen molar-refractivity contribution < 1.29 is 9.32 Å². The molecule has 1 aliphatic rings. The highest BCUT2D eigenvalue weighted by Crippen LogP contribution is 2.16. The van der Waals surface area contributed by atoms with Crippen LogP contribution in [0.25, 0.3) is 10.9 Å². The van der Waals surface area contributed by atoms with Crippen LogP contribution in [0.4, 0.5) is 0 Å². The van der Waals surface area contributed by atoms with E-state index in [4.69, 9.17) is 4.52 Å². The molecule has 3 heterocycles. The summed E-state index contributed by atoms with van der Waals surface area (Å²) in [5, 5.41) is 8.65. The molecular formula is C14H18N4O3. The Hall–Kier alpha value is -2.18. The van der Waals surface area contributed by atoms with Gasteiger partial charge in [0.15, 0.2) is 5.52 Å². The fourth-order valence-corrected chi connectivity index (χ4v) is 2.82. The largest absolute Gasteiger partial charge is 0.360 e. The SMILES string of the molecule is Cc1nn(CC(=O)N2CCCCC2)c(=O)c2noc(C)c12. The number of hydrogen-bond donors (Lipinski definition) is 0. The van der Waals surface area contributed by atoms with Crippen LogP contribution in [0.3, 0.4) is 0 Å². The number of hydrogen-bond acceptors (Lipinski definition) is 5. The normalized spacial score (nSPS) is 15.6. The zero-order valence-corrected chi connectivity index (χ0v) is 12.3. The topological polar surface area (TPSA) is 81.2 Å². The Morgan fingerprint density at radius 1 is 1.24 bits per heavy atom. The lowest BCUT2D eigenvalue weighted by Gasteiger charge is -2.26. The van der Waals surface area contributed by atoms with Crippen molar-refractivity contribution in [2.24, 2.45) is 0 Å². The first-order chi connectivity index (χ1) is 10.1. The van der Waals surface area contributed by atoms with Gasteiger partial charge in [-0.1, -0.05) is 5.16 Å². The van der Waals surface area contributed by atoms with E-state index >= 15 is 0 Å². The van der Waals surface area contributed by atoms with Gasteiger partial charge in [0.05, 0.1) is 11.1 Å². The van der Waals surface area contributed by atoms with E-state index in [1.807, 2.05) is 0 Å². The molecule has 0 unspecified atom stereocenters. The molecule has 0 bridgehead atoms. The Balaban J connectivity index is 1.92. The van der Waals surface area contributed by atoms with Gasteiger partial charge in [-0.2, -0.15) is 5.10 Å². The Bertz CT molecular complexity index is 740. The summed E-state index contributed by atoms with van der Waals surface area (Å²) in [4.78, 5) is 26.4. The van der Waals surface area contributed by atoms with Crippen LogP contribution >= 0.6 is 0 Å². The van der Waals surface area contributed by atoms with Crippen molar-refractivity contribution in [3.63, 3.8) is 0 Å². The average molecular weight is 290 g/mol. The molecule has 2 aromatic rings. The van der Waals surface area contributed by atoms with Crippen molar-refractivity contribution in [1.82, 2.24) is 19.8 Å². The van der Waals surface area contributed by atoms with E-state index in [2.05, 4.69) is 10.3 Å². The second kappa shape index (κ2) is 5.31. The molecule has 0 aromatic carbocycles. The lowest BCUT2D eigenvalue weighted by molar-refractivity contribution is -0.133. The highest BCUT2D eigenvalue weighted by atomic mass is 16.5. The molecule has 0 atom stereocenters. The molecule has 21 heavy (non-hydrogen) atoms. The van der Waals surface area contributed by atoms with Crippen LogP contribution in [0.2, 0.25) is 0 Å². The maximum Gasteiger partial charge on any atom is 0.297 e. The first kappa shape index (κ1) is 13.8. The van der Waals surface area contributed by atoms with Gasteiger partial charge in [-0.15, -0.1) is 0 Å². The average Bonchev–Trinajstić information content (AvgIpc) is 2.88. The smallest absolute Gasteiger partial charge is 0.297 e. The molecule has 2 aromatic heterocycles. The van der Waals surface area contributed by atoms with Crippen molar-refractivity contribution in [2.45, 2.75) is 39.7 Å². The third-order valence-corrected chi connectivity index (χ3v) is 3.93. The summed E-state index contributed by atoms with van der Waals surface area (Å²) in [6.45, 7) is 5.01. The van der Waals surface area contributed by atoms with Crippen molar-refractivity contribution in [3.05, 3.63) is 21.8 Å². The van der Waals surface area contributed by atoms with Crippen LogP contribution in [0.5, 0.6) is 0 Å². The van der Waals surface area contributed by atoms with E-state index in [1.165, 1.54) is 4.68 Å². The molecule has 0 radical (unpaired) electrons. The summed E-state index contributed by atoms with van der Waals surface area (Å²) in [5.74, 6) is 0.505. The standard InChI is InChI=1S/C14H18N4O3/c1-9-12-10(2)21-16-13(12)14(20)18(15-9)8-11(19)17-6-4-3-5-7-17/h3-8H2,1-2H3. The first-order valence-corrected chi connectivity index (χ1v) is 7.19. The van der Waals surface area contributed by atoms with Crippen molar-refractivity contribution in [1.29, 1.82) is 0 Å². The number of nitrogens with zero attached hydrogens (tertiary/aromatic N) is 4. The van der Waals surface area contributed by atoms with Crippen molar-refractivity contribution in [2.75, 3.05) is 13.1 Å². The minimum atomic E-state index is -0.377. The molecule has 1 aliphatic heterocycles. The van der Waals surface area contributed by atoms with E-state index in [0.29, 0.717) is 16.8 Å². The number of carbonyl (C=O) groups excluding carboxylic acids is 1. The molecule has 0 aliphatic carbocycles. The summed E-state index contributed by atoms with van der Waals surface area (Å²) in [7, 11) is 0. The van der Waals surface area contributed by atoms with Gasteiger partial charge in [0.2, 0.25) is 5.91 Å².